The fourth-order valence-corrected chi connectivity index (χ4v) is 3.03. The van der Waals surface area contributed by atoms with Gasteiger partial charge in [-0.05, 0) is 35.9 Å². The lowest BCUT2D eigenvalue weighted by Gasteiger charge is -2.03. The van der Waals surface area contributed by atoms with E-state index in [1.165, 1.54) is 18.3 Å². The first-order valence-electron chi connectivity index (χ1n) is 5.12. The van der Waals surface area contributed by atoms with Crippen molar-refractivity contribution in [1.82, 2.24) is 10.2 Å². The molecule has 1 heterocycles. The molecule has 1 amide bonds. The lowest BCUT2D eigenvalue weighted by molar-refractivity contribution is -0.114. The molecule has 2 aromatic rings. The van der Waals surface area contributed by atoms with Gasteiger partial charge in [-0.15, -0.1) is 22.0 Å². The standard InChI is InChI=1S/C11H10ClN3OS2/c1-7(16)13-8-2-4-9(5-3-8)17-6-10-14-15-11(12)18-10/h2-5H,6H2,1H3,(H,13,16). The highest BCUT2D eigenvalue weighted by atomic mass is 35.5. The molecule has 4 nitrogen and oxygen atoms in total. The first kappa shape index (κ1) is 13.3. The van der Waals surface area contributed by atoms with Crippen molar-refractivity contribution in [2.75, 3.05) is 5.32 Å². The molecule has 2 rings (SSSR count). The highest BCUT2D eigenvalue weighted by Crippen LogP contribution is 2.26. The van der Waals surface area contributed by atoms with Crippen LogP contribution in [0, 0.1) is 0 Å². The van der Waals surface area contributed by atoms with Gasteiger partial charge in [0.2, 0.25) is 10.4 Å². The Hall–Kier alpha value is -1.11. The Morgan fingerprint density at radius 1 is 1.39 bits per heavy atom. The number of hydrogen-bond acceptors (Lipinski definition) is 5. The zero-order valence-corrected chi connectivity index (χ0v) is 11.9. The predicted octanol–water partition coefficient (Wildman–Crippen LogP) is 3.44. The smallest absolute Gasteiger partial charge is 0.221 e. The minimum atomic E-state index is -0.0705. The van der Waals surface area contributed by atoms with Crippen LogP contribution in [0.2, 0.25) is 4.47 Å². The average Bonchev–Trinajstić information content (AvgIpc) is 2.74. The second-order valence-electron chi connectivity index (χ2n) is 3.44. The van der Waals surface area contributed by atoms with Crippen molar-refractivity contribution in [2.45, 2.75) is 17.6 Å². The Labute approximate surface area is 118 Å². The summed E-state index contributed by atoms with van der Waals surface area (Å²) in [6.07, 6.45) is 0. The number of rotatable bonds is 4. The molecule has 1 aromatic carbocycles. The minimum Gasteiger partial charge on any atom is -0.326 e. The average molecular weight is 300 g/mol. The topological polar surface area (TPSA) is 54.9 Å². The molecule has 0 radical (unpaired) electrons. The molecule has 0 unspecified atom stereocenters. The summed E-state index contributed by atoms with van der Waals surface area (Å²) < 4.78 is 0.464. The number of amides is 1. The minimum absolute atomic E-state index is 0.0705. The summed E-state index contributed by atoms with van der Waals surface area (Å²) in [4.78, 5) is 12.0. The maximum absolute atomic E-state index is 10.9. The first-order chi connectivity index (χ1) is 8.63. The van der Waals surface area contributed by atoms with Gasteiger partial charge in [0, 0.05) is 17.5 Å². The van der Waals surface area contributed by atoms with Crippen molar-refractivity contribution in [3.63, 3.8) is 0 Å². The van der Waals surface area contributed by atoms with Crippen molar-refractivity contribution in [3.8, 4) is 0 Å². The number of carbonyl (C=O) groups is 1. The fourth-order valence-electron chi connectivity index (χ4n) is 1.27. The highest BCUT2D eigenvalue weighted by Gasteiger charge is 2.03. The summed E-state index contributed by atoms with van der Waals surface area (Å²) in [5.74, 6) is 0.669. The summed E-state index contributed by atoms with van der Waals surface area (Å²) >= 11 is 8.74. The van der Waals surface area contributed by atoms with Gasteiger partial charge in [0.15, 0.2) is 0 Å². The van der Waals surface area contributed by atoms with Crippen LogP contribution in [0.5, 0.6) is 0 Å². The molecule has 18 heavy (non-hydrogen) atoms. The zero-order chi connectivity index (χ0) is 13.0. The first-order valence-corrected chi connectivity index (χ1v) is 7.30. The molecule has 0 fully saturated rings. The molecule has 1 N–H and O–H groups in total. The van der Waals surface area contributed by atoms with E-state index in [-0.39, 0.29) is 5.91 Å². The zero-order valence-electron chi connectivity index (χ0n) is 9.51. The Morgan fingerprint density at radius 2 is 2.11 bits per heavy atom. The molecule has 0 aliphatic heterocycles. The van der Waals surface area contributed by atoms with Gasteiger partial charge < -0.3 is 5.32 Å². The molecular formula is C11H10ClN3OS2. The third-order valence-electron chi connectivity index (χ3n) is 1.98. The van der Waals surface area contributed by atoms with E-state index in [4.69, 9.17) is 11.6 Å². The van der Waals surface area contributed by atoms with Crippen molar-refractivity contribution in [1.29, 1.82) is 0 Å². The largest absolute Gasteiger partial charge is 0.326 e. The summed E-state index contributed by atoms with van der Waals surface area (Å²) in [5.41, 5.74) is 0.797. The Balaban J connectivity index is 1.92. The number of aromatic nitrogens is 2. The number of nitrogens with zero attached hydrogens (tertiary/aromatic N) is 2. The molecule has 1 aromatic heterocycles. The van der Waals surface area contributed by atoms with Crippen LogP contribution in [0.3, 0.4) is 0 Å². The van der Waals surface area contributed by atoms with Gasteiger partial charge in [-0.3, -0.25) is 4.79 Å². The van der Waals surface area contributed by atoms with Crippen LogP contribution in [0.4, 0.5) is 5.69 Å². The Morgan fingerprint density at radius 3 is 2.67 bits per heavy atom. The Kier molecular flexibility index (Phi) is 4.57. The van der Waals surface area contributed by atoms with Crippen LogP contribution in [-0.2, 0) is 10.5 Å². The van der Waals surface area contributed by atoms with E-state index in [2.05, 4.69) is 15.5 Å². The van der Waals surface area contributed by atoms with Gasteiger partial charge in [0.05, 0.1) is 5.75 Å². The third-order valence-corrected chi connectivity index (χ3v) is 4.20. The van der Waals surface area contributed by atoms with E-state index >= 15 is 0 Å². The van der Waals surface area contributed by atoms with Gasteiger partial charge in [-0.25, -0.2) is 0 Å². The van der Waals surface area contributed by atoms with Crippen LogP contribution < -0.4 is 5.32 Å². The van der Waals surface area contributed by atoms with Crippen molar-refractivity contribution < 1.29 is 4.79 Å². The van der Waals surface area contributed by atoms with Gasteiger partial charge >= 0.3 is 0 Å². The molecular weight excluding hydrogens is 290 g/mol. The third kappa shape index (κ3) is 3.97. The molecule has 0 atom stereocenters. The molecule has 0 bridgehead atoms. The van der Waals surface area contributed by atoms with Crippen LogP contribution in [0.15, 0.2) is 29.2 Å². The maximum Gasteiger partial charge on any atom is 0.221 e. The number of thioether (sulfide) groups is 1. The molecule has 0 saturated carbocycles. The molecule has 0 saturated heterocycles. The van der Waals surface area contributed by atoms with E-state index in [9.17, 15) is 4.79 Å². The lowest BCUT2D eigenvalue weighted by Crippen LogP contribution is -2.05. The van der Waals surface area contributed by atoms with Gasteiger partial charge in [-0.1, -0.05) is 11.3 Å². The molecule has 94 valence electrons. The number of hydrogen-bond donors (Lipinski definition) is 1. The van der Waals surface area contributed by atoms with Crippen LogP contribution in [0.25, 0.3) is 0 Å². The number of anilines is 1. The van der Waals surface area contributed by atoms with Crippen molar-refractivity contribution >= 4 is 46.3 Å². The van der Waals surface area contributed by atoms with Gasteiger partial charge in [0.1, 0.15) is 5.01 Å². The monoisotopic (exact) mass is 299 g/mol. The summed E-state index contributed by atoms with van der Waals surface area (Å²) in [6, 6.07) is 7.66. The van der Waals surface area contributed by atoms with E-state index in [0.717, 1.165) is 21.3 Å². The van der Waals surface area contributed by atoms with E-state index < -0.39 is 0 Å². The van der Waals surface area contributed by atoms with Gasteiger partial charge in [0.25, 0.3) is 0 Å². The fraction of sp³-hybridized carbons (Fsp3) is 0.182. The molecule has 0 aliphatic carbocycles. The normalized spacial score (nSPS) is 10.3. The number of nitrogens with one attached hydrogen (secondary N) is 1. The van der Waals surface area contributed by atoms with Crippen molar-refractivity contribution in [3.05, 3.63) is 33.7 Å². The summed E-state index contributed by atoms with van der Waals surface area (Å²) in [5, 5.41) is 11.3. The summed E-state index contributed by atoms with van der Waals surface area (Å²) in [6.45, 7) is 1.49. The number of carbonyl (C=O) groups excluding carboxylic acids is 1. The van der Waals surface area contributed by atoms with Crippen LogP contribution in [0.1, 0.15) is 11.9 Å². The summed E-state index contributed by atoms with van der Waals surface area (Å²) in [7, 11) is 0. The quantitative estimate of drug-likeness (QED) is 0.879. The lowest BCUT2D eigenvalue weighted by atomic mass is 10.3. The molecule has 7 heteroatoms. The van der Waals surface area contributed by atoms with Gasteiger partial charge in [-0.2, -0.15) is 0 Å². The SMILES string of the molecule is CC(=O)Nc1ccc(SCc2nnc(Cl)s2)cc1. The van der Waals surface area contributed by atoms with E-state index in [1.54, 1.807) is 11.8 Å². The predicted molar refractivity (Wildman–Crippen MR) is 75.2 cm³/mol. The van der Waals surface area contributed by atoms with Crippen LogP contribution >= 0.6 is 34.7 Å². The van der Waals surface area contributed by atoms with E-state index in [0.29, 0.717) is 4.47 Å². The highest BCUT2D eigenvalue weighted by molar-refractivity contribution is 7.98. The van der Waals surface area contributed by atoms with E-state index in [1.807, 2.05) is 24.3 Å². The second-order valence-corrected chi connectivity index (χ2v) is 6.14. The molecule has 0 aliphatic rings. The molecule has 0 spiro atoms. The maximum atomic E-state index is 10.9. The Bertz CT molecular complexity index is 541. The van der Waals surface area contributed by atoms with Crippen LogP contribution in [-0.4, -0.2) is 16.1 Å². The van der Waals surface area contributed by atoms with Crippen molar-refractivity contribution in [2.24, 2.45) is 0 Å². The number of benzene rings is 1. The second kappa shape index (κ2) is 6.17. The number of halogens is 1.